The van der Waals surface area contributed by atoms with Gasteiger partial charge in [0.1, 0.15) is 0 Å². The van der Waals surface area contributed by atoms with Crippen LogP contribution in [0.3, 0.4) is 0 Å². The summed E-state index contributed by atoms with van der Waals surface area (Å²) in [4.78, 5) is 27.0. The first-order chi connectivity index (χ1) is 43.9. The molecule has 93 heavy (non-hydrogen) atoms. The van der Waals surface area contributed by atoms with Crippen LogP contribution in [0.4, 0.5) is 11.4 Å². The smallest absolute Gasteiger partial charge is 0.291 e. The van der Waals surface area contributed by atoms with Crippen molar-refractivity contribution in [3.05, 3.63) is 299 Å². The van der Waals surface area contributed by atoms with Crippen molar-refractivity contribution in [2.75, 3.05) is 74.2 Å². The van der Waals surface area contributed by atoms with E-state index in [2.05, 4.69) is 340 Å². The van der Waals surface area contributed by atoms with Gasteiger partial charge in [-0.25, -0.2) is 0 Å². The third kappa shape index (κ3) is 26.7. The quantitative estimate of drug-likeness (QED) is 0.0257. The van der Waals surface area contributed by atoms with Crippen molar-refractivity contribution in [3.63, 3.8) is 0 Å². The molecule has 0 amide bonds. The molecule has 0 unspecified atom stereocenters. The molecule has 0 aromatic heterocycles. The van der Waals surface area contributed by atoms with E-state index in [1.807, 2.05) is 0 Å². The second-order valence-electron chi connectivity index (χ2n) is 20.4. The third-order valence-electron chi connectivity index (χ3n) is 15.0. The van der Waals surface area contributed by atoms with Crippen LogP contribution in [0.25, 0.3) is 10.8 Å². The molecule has 0 spiro atoms. The van der Waals surface area contributed by atoms with Gasteiger partial charge in [-0.05, 0) is 126 Å². The molecule has 0 atom stereocenters. The Labute approximate surface area is 587 Å². The molecule has 4 N–H and O–H groups in total. The van der Waals surface area contributed by atoms with E-state index in [-0.39, 0.29) is 50.2 Å². The van der Waals surface area contributed by atoms with Crippen LogP contribution in [-0.4, -0.2) is 100 Å². The van der Waals surface area contributed by atoms with Crippen molar-refractivity contribution in [1.29, 1.82) is 0 Å². The van der Waals surface area contributed by atoms with Gasteiger partial charge in [0.05, 0.1) is 0 Å². The van der Waals surface area contributed by atoms with Gasteiger partial charge >= 0.3 is 0 Å². The summed E-state index contributed by atoms with van der Waals surface area (Å²) >= 11 is 0. The van der Waals surface area contributed by atoms with Crippen molar-refractivity contribution in [2.45, 2.75) is 41.5 Å². The maximum atomic E-state index is 8.36. The summed E-state index contributed by atoms with van der Waals surface area (Å²) in [7, 11) is -3.01. The summed E-state index contributed by atoms with van der Waals surface area (Å²) in [6.45, 7) is 20.2. The van der Waals surface area contributed by atoms with Gasteiger partial charge in [0.2, 0.25) is 0 Å². The Bertz CT molecular complexity index is 2990. The Hall–Kier alpha value is -6.46. The summed E-state index contributed by atoms with van der Waals surface area (Å²) in [5.41, 5.74) is 2.56. The van der Waals surface area contributed by atoms with Gasteiger partial charge in [0, 0.05) is 92.1 Å². The van der Waals surface area contributed by atoms with Crippen molar-refractivity contribution >= 4 is 96.3 Å². The second-order valence-corrected chi connectivity index (χ2v) is 29.1. The molecule has 0 aliphatic heterocycles. The minimum Gasteiger partial charge on any atom is -0.412 e. The number of fused-ring (bicyclic) bond motifs is 1. The molecular formula is C74H88Ag2N6O7P4. The maximum absolute atomic E-state index is 8.36. The van der Waals surface area contributed by atoms with Gasteiger partial charge in [-0.2, -0.15) is 0 Å². The van der Waals surface area contributed by atoms with Crippen LogP contribution >= 0.6 is 31.7 Å². The van der Waals surface area contributed by atoms with E-state index in [1.54, 1.807) is 0 Å². The zero-order valence-corrected chi connectivity index (χ0v) is 60.3. The molecule has 19 heteroatoms. The molecule has 0 saturated heterocycles. The van der Waals surface area contributed by atoms with E-state index < -0.39 is 41.9 Å². The Morgan fingerprint density at radius 3 is 0.570 bits per heavy atom. The van der Waals surface area contributed by atoms with Crippen molar-refractivity contribution < 1.29 is 70.8 Å². The predicted octanol–water partition coefficient (Wildman–Crippen LogP) is 14.0. The first kappa shape index (κ1) is 80.8. The molecule has 10 rings (SSSR count). The van der Waals surface area contributed by atoms with Gasteiger partial charge in [-0.15, -0.1) is 20.2 Å². The number of hydrogen-bond donors (Lipinski definition) is 2. The Balaban J connectivity index is 0.000000781. The van der Waals surface area contributed by atoms with E-state index in [1.165, 1.54) is 104 Å². The zero-order valence-electron chi connectivity index (χ0n) is 53.7. The molecule has 0 aliphatic rings. The summed E-state index contributed by atoms with van der Waals surface area (Å²) in [5.74, 6) is 0. The number of hydrogen-bond acceptors (Lipinski definition) is 8. The Morgan fingerprint density at radius 2 is 0.441 bits per heavy atom. The van der Waals surface area contributed by atoms with Crippen LogP contribution in [0, 0.1) is 20.2 Å². The summed E-state index contributed by atoms with van der Waals surface area (Å²) in [5, 5.41) is 41.0. The van der Waals surface area contributed by atoms with Crippen LogP contribution in [0.1, 0.15) is 41.5 Å². The summed E-state index contributed by atoms with van der Waals surface area (Å²) in [6.07, 6.45) is 3.54. The van der Waals surface area contributed by atoms with Gasteiger partial charge in [-0.3, -0.25) is 0 Å². The molecule has 2 radical (unpaired) electrons. The van der Waals surface area contributed by atoms with Crippen molar-refractivity contribution in [3.8, 4) is 0 Å². The standard InChI is InChI=1S/C62H54N2P4.2C6H15N.2Ag.2HNO3.H2O/c1-9-27-51(28-10-1)65(52-29-11-2-12-30-52)47-63(48-66(53-31-13-3-14-32-53)54-33-15-4-16-34-54)61-45-25-44-60-59(61)43-26-46-62(60)64(49-67(55-35-17-5-18-36-55)56-37-19-6-20-38-56)50-68(57-39-21-7-22-40-57)58-41-23-8-24-42-58;2*1-4-7(5-2)6-3;;;2*2-1(3)4;/h1-46H,47-50H2;2*4-6H2,1-3H3;;;2*(H,2,3,4);1H2. The third-order valence-corrected chi connectivity index (χ3v) is 24.9. The molecule has 0 bridgehead atoms. The first-order valence-electron chi connectivity index (χ1n) is 30.6. The fourth-order valence-electron chi connectivity index (χ4n) is 10.4. The SMILES string of the molecule is CCN(CC)CC.CCN(CC)CC.O.O=[N+]([O-])O.O=[N+]([O-])O.[Ag].[Ag].c1ccc(P(CN(CP(c2ccccc2)c2ccccc2)c2cccc3c(N(CP(c4ccccc4)c4ccccc4)CP(c4ccccc4)c4ccccc4)cccc23)c2ccccc2)cc1. The number of anilines is 2. The van der Waals surface area contributed by atoms with Crippen molar-refractivity contribution in [1.82, 2.24) is 9.80 Å². The van der Waals surface area contributed by atoms with Gasteiger partial charge in [-0.1, -0.05) is 308 Å². The van der Waals surface area contributed by atoms with Gasteiger partial charge in [0.25, 0.3) is 10.2 Å². The molecule has 10 aromatic rings. The molecule has 0 saturated carbocycles. The molecule has 498 valence electrons. The molecule has 13 nitrogen and oxygen atoms in total. The topological polar surface area (TPSA) is 171 Å². The Kier molecular flexibility index (Phi) is 39.8. The fraction of sp³-hybridized carbons (Fsp3) is 0.216. The summed E-state index contributed by atoms with van der Waals surface area (Å²) in [6, 6.07) is 104. The monoisotopic (exact) mass is 1510 g/mol. The number of rotatable bonds is 24. The van der Waals surface area contributed by atoms with Crippen molar-refractivity contribution in [2.24, 2.45) is 0 Å². The fourth-order valence-corrected chi connectivity index (χ4v) is 19.8. The average molecular weight is 1510 g/mol. The molecular weight excluding hydrogens is 1420 g/mol. The Morgan fingerprint density at radius 1 is 0.290 bits per heavy atom. The molecule has 0 heterocycles. The van der Waals surface area contributed by atoms with Gasteiger partial charge in [0.15, 0.2) is 0 Å². The number of benzene rings is 10. The van der Waals surface area contributed by atoms with Crippen LogP contribution in [0.15, 0.2) is 279 Å². The van der Waals surface area contributed by atoms with E-state index in [4.69, 9.17) is 30.6 Å². The maximum Gasteiger partial charge on any atom is 0.291 e. The summed E-state index contributed by atoms with van der Waals surface area (Å²) < 4.78 is 0. The van der Waals surface area contributed by atoms with Crippen LogP contribution in [-0.2, 0) is 44.8 Å². The molecule has 0 aliphatic carbocycles. The molecule has 10 aromatic carbocycles. The minimum absolute atomic E-state index is 0. The van der Waals surface area contributed by atoms with E-state index in [0.717, 1.165) is 25.1 Å². The predicted molar refractivity (Wildman–Crippen MR) is 393 cm³/mol. The van der Waals surface area contributed by atoms with Gasteiger partial charge < -0.3 is 35.5 Å². The normalized spacial score (nSPS) is 10.4. The van der Waals surface area contributed by atoms with Crippen LogP contribution in [0.5, 0.6) is 0 Å². The first-order valence-corrected chi connectivity index (χ1v) is 36.7. The largest absolute Gasteiger partial charge is 0.412 e. The average Bonchev–Trinajstić information content (AvgIpc) is 0.806. The van der Waals surface area contributed by atoms with E-state index >= 15 is 0 Å². The van der Waals surface area contributed by atoms with E-state index in [0.29, 0.717) is 0 Å². The van der Waals surface area contributed by atoms with Crippen LogP contribution in [0.2, 0.25) is 0 Å². The number of nitrogens with zero attached hydrogens (tertiary/aromatic N) is 6. The second kappa shape index (κ2) is 45.8. The van der Waals surface area contributed by atoms with E-state index in [9.17, 15) is 0 Å². The van der Waals surface area contributed by atoms with Crippen LogP contribution < -0.4 is 52.2 Å². The zero-order chi connectivity index (χ0) is 64.3. The minimum atomic E-state index is -1.50. The molecule has 0 fully saturated rings.